The fourth-order valence-corrected chi connectivity index (χ4v) is 5.11. The van der Waals surface area contributed by atoms with Crippen molar-refractivity contribution in [1.82, 2.24) is 0 Å². The van der Waals surface area contributed by atoms with Gasteiger partial charge in [0.2, 0.25) is 6.04 Å². The number of rotatable bonds is 11. The fraction of sp³-hybridized carbons (Fsp3) is 1.00. The van der Waals surface area contributed by atoms with Crippen molar-refractivity contribution >= 4 is 0 Å². The number of nitrogens with zero attached hydrogens (tertiary/aromatic N) is 1. The largest absolute Gasteiger partial charge is 0.349 e. The second-order valence-corrected chi connectivity index (χ2v) is 8.43. The SMILES string of the molecule is CCCCCCCC(CCCC1OC2CC3CCC2C(C3)O1)[N+](=O)[O-]. The topological polar surface area (TPSA) is 61.6 Å². The van der Waals surface area contributed by atoms with E-state index in [-0.39, 0.29) is 17.3 Å². The van der Waals surface area contributed by atoms with Crippen LogP contribution in [0.15, 0.2) is 0 Å². The summed E-state index contributed by atoms with van der Waals surface area (Å²) in [7, 11) is 0. The molecular formula is C20H35NO4. The van der Waals surface area contributed by atoms with Gasteiger partial charge in [0.05, 0.1) is 12.2 Å². The zero-order chi connectivity index (χ0) is 17.6. The summed E-state index contributed by atoms with van der Waals surface area (Å²) < 4.78 is 12.3. The van der Waals surface area contributed by atoms with E-state index in [0.29, 0.717) is 24.5 Å². The Hall–Kier alpha value is -0.680. The van der Waals surface area contributed by atoms with Crippen LogP contribution in [0.2, 0.25) is 0 Å². The molecule has 4 aliphatic rings. The first-order valence-corrected chi connectivity index (χ1v) is 10.6. The van der Waals surface area contributed by atoms with Crippen LogP contribution in [0.4, 0.5) is 0 Å². The molecule has 0 aromatic heterocycles. The molecule has 0 aromatic carbocycles. The van der Waals surface area contributed by atoms with E-state index in [4.69, 9.17) is 9.47 Å². The highest BCUT2D eigenvalue weighted by Crippen LogP contribution is 2.47. The van der Waals surface area contributed by atoms with Gasteiger partial charge in [-0.15, -0.1) is 0 Å². The van der Waals surface area contributed by atoms with Crippen LogP contribution in [0.1, 0.15) is 90.4 Å². The molecule has 3 unspecified atom stereocenters. The second kappa shape index (κ2) is 9.31. The van der Waals surface area contributed by atoms with E-state index in [1.807, 2.05) is 0 Å². The average Bonchev–Trinajstić information content (AvgIpc) is 2.59. The highest BCUT2D eigenvalue weighted by atomic mass is 16.7. The van der Waals surface area contributed by atoms with Gasteiger partial charge in [0.15, 0.2) is 6.29 Å². The molecule has 4 rings (SSSR count). The van der Waals surface area contributed by atoms with Gasteiger partial charge in [-0.3, -0.25) is 10.1 Å². The molecule has 0 spiro atoms. The number of ether oxygens (including phenoxy) is 2. The minimum absolute atomic E-state index is 0.0733. The minimum Gasteiger partial charge on any atom is -0.349 e. The first kappa shape index (κ1) is 19.1. The zero-order valence-corrected chi connectivity index (χ0v) is 15.7. The van der Waals surface area contributed by atoms with Crippen LogP contribution < -0.4 is 0 Å². The van der Waals surface area contributed by atoms with E-state index >= 15 is 0 Å². The molecule has 3 aliphatic carbocycles. The molecule has 1 aliphatic heterocycles. The number of hydrogen-bond acceptors (Lipinski definition) is 4. The summed E-state index contributed by atoms with van der Waals surface area (Å²) in [6.45, 7) is 2.19. The van der Waals surface area contributed by atoms with E-state index < -0.39 is 0 Å². The van der Waals surface area contributed by atoms with Gasteiger partial charge >= 0.3 is 0 Å². The lowest BCUT2D eigenvalue weighted by Gasteiger charge is -2.52. The molecule has 0 N–H and O–H groups in total. The van der Waals surface area contributed by atoms with Gasteiger partial charge in [0, 0.05) is 23.7 Å². The van der Waals surface area contributed by atoms with Gasteiger partial charge in [-0.2, -0.15) is 0 Å². The fourth-order valence-electron chi connectivity index (χ4n) is 5.11. The van der Waals surface area contributed by atoms with E-state index in [2.05, 4.69) is 6.92 Å². The van der Waals surface area contributed by atoms with Gasteiger partial charge in [-0.25, -0.2) is 0 Å². The van der Waals surface area contributed by atoms with Crippen molar-refractivity contribution in [3.05, 3.63) is 10.1 Å². The quantitative estimate of drug-likeness (QED) is 0.295. The molecule has 5 nitrogen and oxygen atoms in total. The van der Waals surface area contributed by atoms with Crippen LogP contribution in [-0.4, -0.2) is 29.5 Å². The lowest BCUT2D eigenvalue weighted by molar-refractivity contribution is -0.524. The normalized spacial score (nSPS) is 34.8. The Morgan fingerprint density at radius 1 is 1.00 bits per heavy atom. The molecule has 3 atom stereocenters. The monoisotopic (exact) mass is 353 g/mol. The van der Waals surface area contributed by atoms with E-state index in [1.54, 1.807) is 0 Å². The molecule has 4 bridgehead atoms. The van der Waals surface area contributed by atoms with Crippen LogP contribution >= 0.6 is 0 Å². The first-order valence-electron chi connectivity index (χ1n) is 10.6. The average molecular weight is 354 g/mol. The third-order valence-corrected chi connectivity index (χ3v) is 6.56. The van der Waals surface area contributed by atoms with Gasteiger partial charge in [0.1, 0.15) is 0 Å². The number of unbranched alkanes of at least 4 members (excludes halogenated alkanes) is 4. The molecule has 1 saturated heterocycles. The lowest BCUT2D eigenvalue weighted by Crippen LogP contribution is -2.54. The highest BCUT2D eigenvalue weighted by molar-refractivity contribution is 4.95. The van der Waals surface area contributed by atoms with Crippen LogP contribution in [0, 0.1) is 22.0 Å². The summed E-state index contributed by atoms with van der Waals surface area (Å²) >= 11 is 0. The van der Waals surface area contributed by atoms with Gasteiger partial charge in [-0.1, -0.05) is 32.6 Å². The predicted molar refractivity (Wildman–Crippen MR) is 97.0 cm³/mol. The van der Waals surface area contributed by atoms with Crippen molar-refractivity contribution in [2.75, 3.05) is 0 Å². The summed E-state index contributed by atoms with van der Waals surface area (Å²) in [5, 5.41) is 11.3. The third-order valence-electron chi connectivity index (χ3n) is 6.56. The maximum Gasteiger partial charge on any atom is 0.213 e. The molecule has 144 valence electrons. The van der Waals surface area contributed by atoms with Crippen LogP contribution in [0.3, 0.4) is 0 Å². The van der Waals surface area contributed by atoms with Crippen LogP contribution in [-0.2, 0) is 9.47 Å². The molecule has 1 heterocycles. The van der Waals surface area contributed by atoms with E-state index in [1.165, 1.54) is 44.9 Å². The summed E-state index contributed by atoms with van der Waals surface area (Å²) in [6, 6.07) is -0.388. The Labute approximate surface area is 152 Å². The Morgan fingerprint density at radius 2 is 1.68 bits per heavy atom. The minimum atomic E-state index is -0.388. The first-order chi connectivity index (χ1) is 12.2. The van der Waals surface area contributed by atoms with Crippen molar-refractivity contribution in [3.8, 4) is 0 Å². The van der Waals surface area contributed by atoms with E-state index in [0.717, 1.165) is 38.0 Å². The summed E-state index contributed by atoms with van der Waals surface area (Å²) in [6.07, 6.45) is 14.5. The Balaban J connectivity index is 1.34. The van der Waals surface area contributed by atoms with Crippen LogP contribution in [0.25, 0.3) is 0 Å². The second-order valence-electron chi connectivity index (χ2n) is 8.43. The maximum atomic E-state index is 11.3. The van der Waals surface area contributed by atoms with Crippen molar-refractivity contribution < 1.29 is 14.4 Å². The number of hydrogen-bond donors (Lipinski definition) is 0. The molecule has 0 aromatic rings. The van der Waals surface area contributed by atoms with E-state index in [9.17, 15) is 10.1 Å². The molecule has 3 saturated carbocycles. The molecule has 0 radical (unpaired) electrons. The van der Waals surface area contributed by atoms with Crippen molar-refractivity contribution in [3.63, 3.8) is 0 Å². The molecule has 25 heavy (non-hydrogen) atoms. The predicted octanol–water partition coefficient (Wildman–Crippen LogP) is 5.09. The van der Waals surface area contributed by atoms with Gasteiger partial charge in [0.25, 0.3) is 0 Å². The smallest absolute Gasteiger partial charge is 0.213 e. The summed E-state index contributed by atoms with van der Waals surface area (Å²) in [5.41, 5.74) is 0. The number of fused-ring (bicyclic) bond motifs is 1. The number of nitro groups is 1. The third kappa shape index (κ3) is 5.16. The standard InChI is InChI=1S/C20H35NO4/c1-2-3-4-5-6-8-16(21(22)23)9-7-10-20-24-18-13-15-11-12-17(18)19(14-15)25-20/h15-20H,2-14H2,1H3. The molecule has 5 heteroatoms. The Kier molecular flexibility index (Phi) is 7.11. The van der Waals surface area contributed by atoms with Crippen molar-refractivity contribution in [1.29, 1.82) is 0 Å². The maximum absolute atomic E-state index is 11.3. The molecular weight excluding hydrogens is 318 g/mol. The molecule has 0 amide bonds. The molecule has 4 fully saturated rings. The van der Waals surface area contributed by atoms with Crippen molar-refractivity contribution in [2.45, 2.75) is 115 Å². The Bertz CT molecular complexity index is 414. The Morgan fingerprint density at radius 3 is 2.32 bits per heavy atom. The van der Waals surface area contributed by atoms with Gasteiger partial charge in [-0.05, 0) is 50.9 Å². The van der Waals surface area contributed by atoms with Crippen molar-refractivity contribution in [2.24, 2.45) is 11.8 Å². The highest BCUT2D eigenvalue weighted by Gasteiger charge is 2.48. The summed E-state index contributed by atoms with van der Waals surface area (Å²) in [4.78, 5) is 11.2. The zero-order valence-electron chi connectivity index (χ0n) is 15.7. The van der Waals surface area contributed by atoms with Gasteiger partial charge < -0.3 is 9.47 Å². The summed E-state index contributed by atoms with van der Waals surface area (Å²) in [5.74, 6) is 1.41. The van der Waals surface area contributed by atoms with Crippen LogP contribution in [0.5, 0.6) is 0 Å². The lowest BCUT2D eigenvalue weighted by atomic mass is 9.67.